The molecule has 0 fully saturated rings. The zero-order valence-corrected chi connectivity index (χ0v) is 17.3. The molecule has 0 atom stereocenters. The van der Waals surface area contributed by atoms with Crippen LogP contribution in [0.25, 0.3) is 21.0 Å². The van der Waals surface area contributed by atoms with Gasteiger partial charge >= 0.3 is 0 Å². The Bertz CT molecular complexity index is 1220. The van der Waals surface area contributed by atoms with E-state index in [1.54, 1.807) is 19.2 Å². The lowest BCUT2D eigenvalue weighted by Crippen LogP contribution is -2.26. The fourth-order valence-corrected chi connectivity index (χ4v) is 5.61. The number of benzene rings is 3. The quantitative estimate of drug-likeness (QED) is 0.462. The van der Waals surface area contributed by atoms with Gasteiger partial charge in [-0.3, -0.25) is 0 Å². The summed E-state index contributed by atoms with van der Waals surface area (Å²) in [4.78, 5) is 4.83. The second kappa shape index (κ2) is 7.50. The van der Waals surface area contributed by atoms with Crippen molar-refractivity contribution in [1.29, 1.82) is 0 Å². The summed E-state index contributed by atoms with van der Waals surface area (Å²) < 4.78 is 34.7. The Balaban J connectivity index is 1.72. The molecule has 0 aliphatic carbocycles. The largest absolute Gasteiger partial charge is 0.493 e. The van der Waals surface area contributed by atoms with Gasteiger partial charge in [0.2, 0.25) is 10.0 Å². The van der Waals surface area contributed by atoms with Crippen LogP contribution < -0.4 is 4.74 Å². The Morgan fingerprint density at radius 3 is 2.46 bits per heavy atom. The Hall–Kier alpha value is -2.48. The third kappa shape index (κ3) is 3.37. The summed E-state index contributed by atoms with van der Waals surface area (Å²) in [5, 5.41) is 2.21. The summed E-state index contributed by atoms with van der Waals surface area (Å²) in [7, 11) is -2.10. The fraction of sp³-hybridized carbons (Fsp3) is 0.190. The summed E-state index contributed by atoms with van der Waals surface area (Å²) >= 11 is 1.51. The number of hydrogen-bond acceptors (Lipinski definition) is 5. The Labute approximate surface area is 168 Å². The maximum Gasteiger partial charge on any atom is 0.243 e. The van der Waals surface area contributed by atoms with Gasteiger partial charge in [0, 0.05) is 17.8 Å². The predicted octanol–water partition coefficient (Wildman–Crippen LogP) is 4.67. The van der Waals surface area contributed by atoms with Crippen LogP contribution in [0.5, 0.6) is 5.75 Å². The minimum Gasteiger partial charge on any atom is -0.493 e. The summed E-state index contributed by atoms with van der Waals surface area (Å²) in [6.07, 6.45) is 0. The van der Waals surface area contributed by atoms with Crippen molar-refractivity contribution in [3.8, 4) is 5.75 Å². The lowest BCUT2D eigenvalue weighted by molar-refractivity contribution is 0.344. The maximum atomic E-state index is 13.3. The molecule has 3 aromatic carbocycles. The fourth-order valence-electron chi connectivity index (χ4n) is 3.18. The Kier molecular flexibility index (Phi) is 5.05. The zero-order chi connectivity index (χ0) is 19.7. The van der Waals surface area contributed by atoms with Crippen molar-refractivity contribution in [2.75, 3.05) is 13.7 Å². The highest BCUT2D eigenvalue weighted by Gasteiger charge is 2.25. The van der Waals surface area contributed by atoms with Gasteiger partial charge in [-0.1, -0.05) is 36.4 Å². The molecule has 4 aromatic rings. The zero-order valence-electron chi connectivity index (χ0n) is 15.6. The van der Waals surface area contributed by atoms with E-state index >= 15 is 0 Å². The van der Waals surface area contributed by atoms with Crippen molar-refractivity contribution in [3.63, 3.8) is 0 Å². The SMILES string of the molecule is CCOc1ccc(S(=O)(=O)N(C)Cc2nc3ccccc3s2)c2ccccc12. The molecule has 28 heavy (non-hydrogen) atoms. The number of aromatic nitrogens is 1. The first-order valence-electron chi connectivity index (χ1n) is 8.96. The highest BCUT2D eigenvalue weighted by Crippen LogP contribution is 2.33. The number of para-hydroxylation sites is 1. The van der Waals surface area contributed by atoms with Gasteiger partial charge in [-0.05, 0) is 31.2 Å². The minimum absolute atomic E-state index is 0.225. The molecule has 0 bridgehead atoms. The van der Waals surface area contributed by atoms with Crippen LogP contribution in [0, 0.1) is 0 Å². The first-order valence-corrected chi connectivity index (χ1v) is 11.2. The normalized spacial score (nSPS) is 12.1. The van der Waals surface area contributed by atoms with Crippen molar-refractivity contribution in [1.82, 2.24) is 9.29 Å². The molecule has 0 N–H and O–H groups in total. The van der Waals surface area contributed by atoms with E-state index in [1.165, 1.54) is 15.6 Å². The van der Waals surface area contributed by atoms with Crippen molar-refractivity contribution in [2.24, 2.45) is 0 Å². The number of rotatable bonds is 6. The highest BCUT2D eigenvalue weighted by molar-refractivity contribution is 7.89. The summed E-state index contributed by atoms with van der Waals surface area (Å²) in [5.74, 6) is 0.686. The first kappa shape index (κ1) is 18.9. The molecule has 0 radical (unpaired) electrons. The molecule has 4 rings (SSSR count). The van der Waals surface area contributed by atoms with Gasteiger partial charge in [-0.2, -0.15) is 4.31 Å². The molecule has 1 heterocycles. The van der Waals surface area contributed by atoms with Crippen LogP contribution in [0.1, 0.15) is 11.9 Å². The average molecular weight is 413 g/mol. The van der Waals surface area contributed by atoms with Crippen molar-refractivity contribution in [3.05, 3.63) is 65.7 Å². The molecule has 7 heteroatoms. The predicted molar refractivity (Wildman–Crippen MR) is 113 cm³/mol. The second-order valence-corrected chi connectivity index (χ2v) is 9.51. The van der Waals surface area contributed by atoms with Gasteiger partial charge in [0.1, 0.15) is 10.8 Å². The lowest BCUT2D eigenvalue weighted by Gasteiger charge is -2.18. The van der Waals surface area contributed by atoms with Gasteiger partial charge in [0.15, 0.2) is 0 Å². The third-order valence-corrected chi connectivity index (χ3v) is 7.41. The molecular formula is C21H20N2O3S2. The van der Waals surface area contributed by atoms with Crippen LogP contribution in [0.3, 0.4) is 0 Å². The smallest absolute Gasteiger partial charge is 0.243 e. The van der Waals surface area contributed by atoms with Gasteiger partial charge in [0.05, 0.1) is 28.3 Å². The van der Waals surface area contributed by atoms with E-state index in [0.717, 1.165) is 20.6 Å². The number of sulfonamides is 1. The molecule has 144 valence electrons. The molecule has 1 aromatic heterocycles. The van der Waals surface area contributed by atoms with Crippen LogP contribution in [0.15, 0.2) is 65.6 Å². The summed E-state index contributed by atoms with van der Waals surface area (Å²) in [5.41, 5.74) is 0.889. The second-order valence-electron chi connectivity index (χ2n) is 6.38. The lowest BCUT2D eigenvalue weighted by atomic mass is 10.1. The highest BCUT2D eigenvalue weighted by atomic mass is 32.2. The minimum atomic E-state index is -3.69. The number of fused-ring (bicyclic) bond motifs is 2. The van der Waals surface area contributed by atoms with Crippen LogP contribution in [-0.4, -0.2) is 31.4 Å². The number of thiazole rings is 1. The molecule has 5 nitrogen and oxygen atoms in total. The number of ether oxygens (including phenoxy) is 1. The van der Waals surface area contributed by atoms with Gasteiger partial charge in [0.25, 0.3) is 0 Å². The van der Waals surface area contributed by atoms with Crippen molar-refractivity contribution < 1.29 is 13.2 Å². The van der Waals surface area contributed by atoms with E-state index in [0.29, 0.717) is 17.7 Å². The molecule has 0 saturated heterocycles. The molecule has 0 aliphatic rings. The van der Waals surface area contributed by atoms with Crippen molar-refractivity contribution in [2.45, 2.75) is 18.4 Å². The Morgan fingerprint density at radius 1 is 1.00 bits per heavy atom. The van der Waals surface area contributed by atoms with E-state index in [9.17, 15) is 8.42 Å². The van der Waals surface area contributed by atoms with E-state index in [1.807, 2.05) is 55.5 Å². The first-order chi connectivity index (χ1) is 13.5. The van der Waals surface area contributed by atoms with Crippen LogP contribution in [0.2, 0.25) is 0 Å². The van der Waals surface area contributed by atoms with Gasteiger partial charge in [-0.25, -0.2) is 13.4 Å². The van der Waals surface area contributed by atoms with Gasteiger partial charge in [-0.15, -0.1) is 11.3 Å². The molecule has 0 spiro atoms. The topological polar surface area (TPSA) is 59.5 Å². The van der Waals surface area contributed by atoms with Crippen molar-refractivity contribution >= 4 is 42.3 Å². The molecule has 0 unspecified atom stereocenters. The Morgan fingerprint density at radius 2 is 1.71 bits per heavy atom. The molecule has 0 saturated carbocycles. The van der Waals surface area contributed by atoms with E-state index in [2.05, 4.69) is 4.98 Å². The average Bonchev–Trinajstić information content (AvgIpc) is 3.10. The van der Waals surface area contributed by atoms with E-state index in [4.69, 9.17) is 4.74 Å². The van der Waals surface area contributed by atoms with E-state index < -0.39 is 10.0 Å². The monoisotopic (exact) mass is 412 g/mol. The third-order valence-electron chi connectivity index (χ3n) is 4.53. The number of nitrogens with zero attached hydrogens (tertiary/aromatic N) is 2. The molecular weight excluding hydrogens is 392 g/mol. The summed E-state index contributed by atoms with van der Waals surface area (Å²) in [6.45, 7) is 2.65. The number of hydrogen-bond donors (Lipinski definition) is 0. The van der Waals surface area contributed by atoms with E-state index in [-0.39, 0.29) is 11.4 Å². The van der Waals surface area contributed by atoms with Gasteiger partial charge < -0.3 is 4.74 Å². The molecule has 0 amide bonds. The molecule has 0 aliphatic heterocycles. The van der Waals surface area contributed by atoms with Crippen LogP contribution in [0.4, 0.5) is 0 Å². The summed E-state index contributed by atoms with van der Waals surface area (Å²) in [6, 6.07) is 18.6. The maximum absolute atomic E-state index is 13.3. The van der Waals surface area contributed by atoms with Crippen LogP contribution in [-0.2, 0) is 16.6 Å². The standard InChI is InChI=1S/C21H20N2O3S2/c1-3-26-18-12-13-20(16-9-5-4-8-15(16)18)28(24,25)23(2)14-21-22-17-10-6-7-11-19(17)27-21/h4-13H,3,14H2,1-2H3. The van der Waals surface area contributed by atoms with Crippen LogP contribution >= 0.6 is 11.3 Å².